The Labute approximate surface area is 104 Å². The van der Waals surface area contributed by atoms with Crippen LogP contribution in [0.15, 0.2) is 36.4 Å². The van der Waals surface area contributed by atoms with E-state index < -0.39 is 0 Å². The number of hydrogen-bond acceptors (Lipinski definition) is 2. The molecular weight excluding hydrogens is 222 g/mol. The molecule has 18 heavy (non-hydrogen) atoms. The zero-order chi connectivity index (χ0) is 12.7. The average molecular weight is 231 g/mol. The quantitative estimate of drug-likeness (QED) is 0.597. The third kappa shape index (κ3) is 1.28. The van der Waals surface area contributed by atoms with Gasteiger partial charge in [-0.3, -0.25) is 0 Å². The standard InChI is InChI=1S/C15H9N3/c1-18-14-4-2-10(8-16)6-12(14)13-7-11(9-17)3-5-15(13)18/h2-7H,1H3. The van der Waals surface area contributed by atoms with Gasteiger partial charge in [-0.25, -0.2) is 0 Å². The summed E-state index contributed by atoms with van der Waals surface area (Å²) in [5.41, 5.74) is 3.41. The van der Waals surface area contributed by atoms with Crippen LogP contribution in [0, 0.1) is 22.7 Å². The topological polar surface area (TPSA) is 52.5 Å². The second-order valence-corrected chi connectivity index (χ2v) is 4.25. The van der Waals surface area contributed by atoms with Gasteiger partial charge < -0.3 is 4.57 Å². The highest BCUT2D eigenvalue weighted by molar-refractivity contribution is 6.08. The molecule has 0 unspecified atom stereocenters. The number of fused-ring (bicyclic) bond motifs is 3. The van der Waals surface area contributed by atoms with Crippen LogP contribution in [0.3, 0.4) is 0 Å². The Hall–Kier alpha value is -2.78. The van der Waals surface area contributed by atoms with E-state index in [4.69, 9.17) is 10.5 Å². The maximum Gasteiger partial charge on any atom is 0.0991 e. The SMILES string of the molecule is Cn1c2ccc(C#N)cc2c2cc(C#N)ccc21. The van der Waals surface area contributed by atoms with Crippen molar-refractivity contribution in [1.82, 2.24) is 4.57 Å². The molecule has 1 heterocycles. The normalized spacial score (nSPS) is 10.4. The van der Waals surface area contributed by atoms with Crippen LogP contribution in [0.25, 0.3) is 21.8 Å². The lowest BCUT2D eigenvalue weighted by atomic mass is 10.1. The Morgan fingerprint density at radius 2 is 1.28 bits per heavy atom. The molecule has 0 aliphatic rings. The molecule has 0 spiro atoms. The van der Waals surface area contributed by atoms with Gasteiger partial charge in [-0.05, 0) is 36.4 Å². The van der Waals surface area contributed by atoms with Crippen LogP contribution in [0.5, 0.6) is 0 Å². The van der Waals surface area contributed by atoms with Crippen LogP contribution in [0.4, 0.5) is 0 Å². The Morgan fingerprint density at radius 1 is 0.833 bits per heavy atom. The van der Waals surface area contributed by atoms with Gasteiger partial charge in [0.15, 0.2) is 0 Å². The molecule has 3 aromatic rings. The molecule has 0 atom stereocenters. The van der Waals surface area contributed by atoms with Crippen molar-refractivity contribution in [3.63, 3.8) is 0 Å². The van der Waals surface area contributed by atoms with Crippen molar-refractivity contribution < 1.29 is 0 Å². The molecule has 0 amide bonds. The molecule has 0 bridgehead atoms. The number of nitriles is 2. The fourth-order valence-corrected chi connectivity index (χ4v) is 2.36. The van der Waals surface area contributed by atoms with Crippen molar-refractivity contribution in [3.05, 3.63) is 47.5 Å². The Balaban J connectivity index is 2.54. The number of nitrogens with zero attached hydrogens (tertiary/aromatic N) is 3. The smallest absolute Gasteiger partial charge is 0.0991 e. The minimum Gasteiger partial charge on any atom is -0.344 e. The van der Waals surface area contributed by atoms with Crippen molar-refractivity contribution >= 4 is 21.8 Å². The zero-order valence-electron chi connectivity index (χ0n) is 9.81. The van der Waals surface area contributed by atoms with E-state index in [-0.39, 0.29) is 0 Å². The fourth-order valence-electron chi connectivity index (χ4n) is 2.36. The van der Waals surface area contributed by atoms with Crippen LogP contribution in [0.1, 0.15) is 11.1 Å². The largest absolute Gasteiger partial charge is 0.344 e. The molecule has 3 heteroatoms. The molecular formula is C15H9N3. The van der Waals surface area contributed by atoms with Crippen molar-refractivity contribution in [1.29, 1.82) is 10.5 Å². The number of hydrogen-bond donors (Lipinski definition) is 0. The molecule has 3 nitrogen and oxygen atoms in total. The van der Waals surface area contributed by atoms with Crippen LogP contribution in [0.2, 0.25) is 0 Å². The minimum atomic E-state index is 0.636. The van der Waals surface area contributed by atoms with E-state index >= 15 is 0 Å². The van der Waals surface area contributed by atoms with Gasteiger partial charge in [0.25, 0.3) is 0 Å². The van der Waals surface area contributed by atoms with Crippen LogP contribution >= 0.6 is 0 Å². The van der Waals surface area contributed by atoms with E-state index in [1.807, 2.05) is 43.4 Å². The predicted molar refractivity (Wildman–Crippen MR) is 69.9 cm³/mol. The Morgan fingerprint density at radius 3 is 1.67 bits per heavy atom. The molecule has 0 radical (unpaired) electrons. The molecule has 84 valence electrons. The van der Waals surface area contributed by atoms with Crippen molar-refractivity contribution in [2.75, 3.05) is 0 Å². The van der Waals surface area contributed by atoms with E-state index in [0.29, 0.717) is 11.1 Å². The van der Waals surface area contributed by atoms with Gasteiger partial charge in [0.1, 0.15) is 0 Å². The summed E-state index contributed by atoms with van der Waals surface area (Å²) in [5, 5.41) is 20.0. The van der Waals surface area contributed by atoms with Crippen molar-refractivity contribution in [3.8, 4) is 12.1 Å². The number of rotatable bonds is 0. The summed E-state index contributed by atoms with van der Waals surface area (Å²) in [4.78, 5) is 0. The van der Waals surface area contributed by atoms with Gasteiger partial charge in [0.2, 0.25) is 0 Å². The van der Waals surface area contributed by atoms with Gasteiger partial charge in [-0.1, -0.05) is 0 Å². The molecule has 0 saturated heterocycles. The van der Waals surface area contributed by atoms with Crippen molar-refractivity contribution in [2.24, 2.45) is 7.05 Å². The summed E-state index contributed by atoms with van der Waals surface area (Å²) in [6.07, 6.45) is 0. The predicted octanol–water partition coefficient (Wildman–Crippen LogP) is 3.07. The summed E-state index contributed by atoms with van der Waals surface area (Å²) >= 11 is 0. The van der Waals surface area contributed by atoms with Gasteiger partial charge in [0.05, 0.1) is 23.3 Å². The molecule has 0 N–H and O–H groups in total. The lowest BCUT2D eigenvalue weighted by Crippen LogP contribution is -1.86. The highest BCUT2D eigenvalue weighted by Crippen LogP contribution is 2.29. The molecule has 0 fully saturated rings. The summed E-state index contributed by atoms with van der Waals surface area (Å²) in [5.74, 6) is 0. The third-order valence-electron chi connectivity index (χ3n) is 3.26. The first-order valence-electron chi connectivity index (χ1n) is 5.57. The second-order valence-electron chi connectivity index (χ2n) is 4.25. The van der Waals surface area contributed by atoms with Gasteiger partial charge in [-0.2, -0.15) is 10.5 Å². The van der Waals surface area contributed by atoms with Gasteiger partial charge in [0, 0.05) is 28.9 Å². The molecule has 0 aliphatic heterocycles. The van der Waals surface area contributed by atoms with E-state index in [0.717, 1.165) is 21.8 Å². The number of aryl methyl sites for hydroxylation is 1. The second kappa shape index (κ2) is 3.61. The van der Waals surface area contributed by atoms with Crippen LogP contribution in [-0.4, -0.2) is 4.57 Å². The maximum absolute atomic E-state index is 8.97. The molecule has 3 rings (SSSR count). The zero-order valence-corrected chi connectivity index (χ0v) is 9.81. The number of benzene rings is 2. The summed E-state index contributed by atoms with van der Waals surface area (Å²) in [6.45, 7) is 0. The van der Waals surface area contributed by atoms with Crippen LogP contribution in [-0.2, 0) is 7.05 Å². The summed E-state index contributed by atoms with van der Waals surface area (Å²) < 4.78 is 2.08. The fraction of sp³-hybridized carbons (Fsp3) is 0.0667. The third-order valence-corrected chi connectivity index (χ3v) is 3.26. The monoisotopic (exact) mass is 231 g/mol. The molecule has 0 aliphatic carbocycles. The van der Waals surface area contributed by atoms with E-state index in [2.05, 4.69) is 16.7 Å². The highest BCUT2D eigenvalue weighted by atomic mass is 14.9. The number of aromatic nitrogens is 1. The lowest BCUT2D eigenvalue weighted by molar-refractivity contribution is 1.01. The van der Waals surface area contributed by atoms with E-state index in [1.165, 1.54) is 0 Å². The van der Waals surface area contributed by atoms with Gasteiger partial charge in [-0.15, -0.1) is 0 Å². The lowest BCUT2D eigenvalue weighted by Gasteiger charge is -1.97. The van der Waals surface area contributed by atoms with Crippen LogP contribution < -0.4 is 0 Å². The molecule has 0 saturated carbocycles. The van der Waals surface area contributed by atoms with Crippen molar-refractivity contribution in [2.45, 2.75) is 0 Å². The summed E-state index contributed by atoms with van der Waals surface area (Å²) in [6, 6.07) is 15.6. The molecule has 2 aromatic carbocycles. The maximum atomic E-state index is 8.97. The Bertz CT molecular complexity index is 786. The van der Waals surface area contributed by atoms with E-state index in [9.17, 15) is 0 Å². The first-order valence-corrected chi connectivity index (χ1v) is 5.57. The first kappa shape index (κ1) is 10.4. The highest BCUT2D eigenvalue weighted by Gasteiger charge is 2.09. The van der Waals surface area contributed by atoms with E-state index in [1.54, 1.807) is 0 Å². The first-order chi connectivity index (χ1) is 8.74. The van der Waals surface area contributed by atoms with Gasteiger partial charge >= 0.3 is 0 Å². The average Bonchev–Trinajstić information content (AvgIpc) is 2.71. The minimum absolute atomic E-state index is 0.636. The summed E-state index contributed by atoms with van der Waals surface area (Å²) in [7, 11) is 1.99. The Kier molecular flexibility index (Phi) is 2.08. The molecule has 1 aromatic heterocycles.